The van der Waals surface area contributed by atoms with Gasteiger partial charge in [-0.1, -0.05) is 30.3 Å². The van der Waals surface area contributed by atoms with Crippen LogP contribution in [0.2, 0.25) is 0 Å². The Hall–Kier alpha value is -2.74. The number of hydrogen-bond donors (Lipinski definition) is 1. The van der Waals surface area contributed by atoms with E-state index in [4.69, 9.17) is 0 Å². The topological polar surface area (TPSA) is 89.0 Å². The van der Waals surface area contributed by atoms with E-state index >= 15 is 0 Å². The molecule has 0 saturated carbocycles. The Morgan fingerprint density at radius 1 is 1.00 bits per heavy atom. The molecule has 3 aromatic rings. The van der Waals surface area contributed by atoms with Crippen LogP contribution in [0.4, 0.5) is 4.39 Å². The van der Waals surface area contributed by atoms with E-state index < -0.39 is 27.1 Å². The molecule has 1 N–H and O–H groups in total. The van der Waals surface area contributed by atoms with Gasteiger partial charge in [0.15, 0.2) is 0 Å². The summed E-state index contributed by atoms with van der Waals surface area (Å²) in [7, 11) is -4.31. The van der Waals surface area contributed by atoms with Crippen molar-refractivity contribution in [1.82, 2.24) is 8.96 Å². The highest BCUT2D eigenvalue weighted by molar-refractivity contribution is 7.90. The number of nitrogens with zero attached hydrogens (tertiary/aromatic N) is 1. The van der Waals surface area contributed by atoms with Crippen LogP contribution in [0.5, 0.6) is 0 Å². The molecule has 0 saturated heterocycles. The normalized spacial score (nSPS) is 11.7. The fourth-order valence-electron chi connectivity index (χ4n) is 2.05. The number of fused-ring (bicyclic) bond motifs is 1. The fourth-order valence-corrected chi connectivity index (χ4v) is 3.29. The Bertz CT molecular complexity index is 1100. The zero-order valence-electron chi connectivity index (χ0n) is 11.0. The van der Waals surface area contributed by atoms with E-state index in [2.05, 4.69) is 0 Å². The lowest BCUT2D eigenvalue weighted by Crippen LogP contribution is -2.35. The summed E-state index contributed by atoms with van der Waals surface area (Å²) in [5.74, 6) is -1.36. The van der Waals surface area contributed by atoms with Crippen molar-refractivity contribution in [2.75, 3.05) is 0 Å². The van der Waals surface area contributed by atoms with Crippen LogP contribution in [0.15, 0.2) is 63.1 Å². The van der Waals surface area contributed by atoms with Gasteiger partial charge in [0, 0.05) is 0 Å². The molecule has 1 heterocycles. The number of aromatic nitrogens is 2. The summed E-state index contributed by atoms with van der Waals surface area (Å²) in [5.41, 5.74) is -2.49. The summed E-state index contributed by atoms with van der Waals surface area (Å²) in [6.45, 7) is 0. The lowest BCUT2D eigenvalue weighted by molar-refractivity contribution is 0.564. The van der Waals surface area contributed by atoms with Crippen molar-refractivity contribution in [3.8, 4) is 0 Å². The molecular formula is C14H9FN2O4S. The van der Waals surface area contributed by atoms with Crippen LogP contribution in [0.1, 0.15) is 0 Å². The average Bonchev–Trinajstić information content (AvgIpc) is 2.50. The zero-order chi connectivity index (χ0) is 15.9. The maximum Gasteiger partial charge on any atom is 0.342 e. The summed E-state index contributed by atoms with van der Waals surface area (Å²) in [5, 5.41) is 1.47. The monoisotopic (exact) mass is 320 g/mol. The van der Waals surface area contributed by atoms with Crippen molar-refractivity contribution in [3.05, 3.63) is 75.3 Å². The highest BCUT2D eigenvalue weighted by Gasteiger charge is 2.20. The molecule has 8 heteroatoms. The number of hydrogen-bond acceptors (Lipinski definition) is 4. The van der Waals surface area contributed by atoms with Gasteiger partial charge in [-0.05, 0) is 22.9 Å². The minimum Gasteiger partial charge on any atom is -0.271 e. The number of H-pyrrole nitrogens is 1. The Kier molecular flexibility index (Phi) is 3.18. The van der Waals surface area contributed by atoms with E-state index in [1.54, 1.807) is 35.3 Å². The smallest absolute Gasteiger partial charge is 0.271 e. The number of rotatable bonds is 2. The molecule has 0 aliphatic heterocycles. The van der Waals surface area contributed by atoms with Gasteiger partial charge in [-0.25, -0.2) is 13.2 Å². The van der Waals surface area contributed by atoms with Gasteiger partial charge in [0.2, 0.25) is 5.82 Å². The molecule has 0 aliphatic rings. The summed E-state index contributed by atoms with van der Waals surface area (Å²) in [6, 6.07) is 11.3. The second-order valence-corrected chi connectivity index (χ2v) is 6.36. The lowest BCUT2D eigenvalue weighted by atomic mass is 10.1. The van der Waals surface area contributed by atoms with E-state index in [0.717, 1.165) is 5.39 Å². The summed E-state index contributed by atoms with van der Waals surface area (Å²) in [6.07, 6.45) is 0.367. The molecular weight excluding hydrogens is 311 g/mol. The van der Waals surface area contributed by atoms with E-state index in [9.17, 15) is 22.4 Å². The maximum atomic E-state index is 13.3. The molecule has 0 amide bonds. The van der Waals surface area contributed by atoms with Gasteiger partial charge >= 0.3 is 5.69 Å². The van der Waals surface area contributed by atoms with Crippen LogP contribution in [0.25, 0.3) is 10.8 Å². The third-order valence-corrected chi connectivity index (χ3v) is 4.78. The van der Waals surface area contributed by atoms with E-state index in [-0.39, 0.29) is 8.87 Å². The third kappa shape index (κ3) is 2.23. The Morgan fingerprint density at radius 2 is 1.68 bits per heavy atom. The first-order valence-electron chi connectivity index (χ1n) is 6.15. The molecule has 0 radical (unpaired) electrons. The van der Waals surface area contributed by atoms with Crippen molar-refractivity contribution in [3.63, 3.8) is 0 Å². The van der Waals surface area contributed by atoms with Crippen molar-refractivity contribution < 1.29 is 12.8 Å². The van der Waals surface area contributed by atoms with Gasteiger partial charge in [-0.2, -0.15) is 8.36 Å². The molecule has 0 aliphatic carbocycles. The van der Waals surface area contributed by atoms with E-state index in [1.165, 1.54) is 12.1 Å². The number of benzene rings is 2. The number of nitrogens with one attached hydrogen (secondary N) is 1. The van der Waals surface area contributed by atoms with Gasteiger partial charge in [0.25, 0.3) is 15.6 Å². The SMILES string of the molecule is O=c1[nH]c(=O)n(S(=O)(=O)c2ccc3ccccc3c2)cc1F. The molecule has 0 spiro atoms. The second kappa shape index (κ2) is 4.92. The van der Waals surface area contributed by atoms with Gasteiger partial charge in [0.05, 0.1) is 11.1 Å². The number of halogens is 1. The predicted molar refractivity (Wildman–Crippen MR) is 77.8 cm³/mol. The molecule has 0 unspecified atom stereocenters. The first-order chi connectivity index (χ1) is 10.4. The van der Waals surface area contributed by atoms with Crippen molar-refractivity contribution in [2.45, 2.75) is 4.90 Å². The van der Waals surface area contributed by atoms with Crippen LogP contribution in [0.3, 0.4) is 0 Å². The molecule has 0 bridgehead atoms. The Balaban J connectivity index is 2.26. The molecule has 2 aromatic carbocycles. The molecule has 0 fully saturated rings. The van der Waals surface area contributed by atoms with Crippen LogP contribution in [0, 0.1) is 5.82 Å². The molecule has 6 nitrogen and oxygen atoms in total. The Morgan fingerprint density at radius 3 is 2.41 bits per heavy atom. The quantitative estimate of drug-likeness (QED) is 0.765. The van der Waals surface area contributed by atoms with Crippen LogP contribution in [-0.4, -0.2) is 17.4 Å². The van der Waals surface area contributed by atoms with Crippen LogP contribution in [-0.2, 0) is 10.0 Å². The Labute approximate surface area is 123 Å². The summed E-state index contributed by atoms with van der Waals surface area (Å²) < 4.78 is 38.3. The van der Waals surface area contributed by atoms with Crippen LogP contribution >= 0.6 is 0 Å². The highest BCUT2D eigenvalue weighted by atomic mass is 32.2. The van der Waals surface area contributed by atoms with E-state index in [0.29, 0.717) is 11.6 Å². The molecule has 22 heavy (non-hydrogen) atoms. The molecule has 1 aromatic heterocycles. The molecule has 3 rings (SSSR count). The predicted octanol–water partition coefficient (Wildman–Crippen LogP) is 1.07. The minimum atomic E-state index is -4.31. The maximum absolute atomic E-state index is 13.3. The largest absolute Gasteiger partial charge is 0.342 e. The second-order valence-electron chi connectivity index (χ2n) is 4.55. The van der Waals surface area contributed by atoms with Gasteiger partial charge in [-0.15, -0.1) is 0 Å². The molecule has 0 atom stereocenters. The average molecular weight is 320 g/mol. The fraction of sp³-hybridized carbons (Fsp3) is 0. The van der Waals surface area contributed by atoms with Gasteiger partial charge < -0.3 is 0 Å². The minimum absolute atomic E-state index is 0.174. The van der Waals surface area contributed by atoms with Crippen LogP contribution < -0.4 is 11.2 Å². The van der Waals surface area contributed by atoms with Crippen molar-refractivity contribution >= 4 is 20.8 Å². The summed E-state index contributed by atoms with van der Waals surface area (Å²) in [4.78, 5) is 24.1. The number of aromatic amines is 1. The highest BCUT2D eigenvalue weighted by Crippen LogP contribution is 2.20. The zero-order valence-corrected chi connectivity index (χ0v) is 11.8. The van der Waals surface area contributed by atoms with E-state index in [1.807, 2.05) is 0 Å². The first-order valence-corrected chi connectivity index (χ1v) is 7.59. The van der Waals surface area contributed by atoms with Gasteiger partial charge in [0.1, 0.15) is 0 Å². The van der Waals surface area contributed by atoms with Gasteiger partial charge in [-0.3, -0.25) is 9.78 Å². The lowest BCUT2D eigenvalue weighted by Gasteiger charge is -2.08. The third-order valence-electron chi connectivity index (χ3n) is 3.15. The van der Waals surface area contributed by atoms with Crippen molar-refractivity contribution in [2.24, 2.45) is 0 Å². The standard InChI is InChI=1S/C14H9FN2O4S/c15-12-8-17(14(19)16-13(12)18)22(20,21)11-6-5-9-3-1-2-4-10(9)7-11/h1-8H,(H,16,18,19). The summed E-state index contributed by atoms with van der Waals surface area (Å²) >= 11 is 0. The first kappa shape index (κ1) is 14.2. The molecule has 112 valence electrons. The van der Waals surface area contributed by atoms with Crippen molar-refractivity contribution in [1.29, 1.82) is 0 Å².